The van der Waals surface area contributed by atoms with Gasteiger partial charge in [-0.1, -0.05) is 17.9 Å². The fourth-order valence-corrected chi connectivity index (χ4v) is 1.17. The summed E-state index contributed by atoms with van der Waals surface area (Å²) in [6, 6.07) is 4.07. The summed E-state index contributed by atoms with van der Waals surface area (Å²) >= 11 is 1.69. The summed E-state index contributed by atoms with van der Waals surface area (Å²) in [6.45, 7) is 6.36. The van der Waals surface area contributed by atoms with E-state index in [0.29, 0.717) is 0 Å². The van der Waals surface area contributed by atoms with E-state index in [4.69, 9.17) is 0 Å². The highest BCUT2D eigenvalue weighted by Gasteiger charge is 2.02. The van der Waals surface area contributed by atoms with Gasteiger partial charge in [-0.05, 0) is 32.2 Å². The van der Waals surface area contributed by atoms with Crippen molar-refractivity contribution in [2.24, 2.45) is 5.41 Å². The average Bonchev–Trinajstić information content (AvgIpc) is 2.32. The second-order valence-corrected chi connectivity index (χ2v) is 4.42. The molecule has 0 unspecified atom stereocenters. The van der Waals surface area contributed by atoms with Crippen LogP contribution in [-0.2, 0) is 0 Å². The van der Waals surface area contributed by atoms with Crippen LogP contribution in [0.3, 0.4) is 0 Å². The molecule has 0 radical (unpaired) electrons. The van der Waals surface area contributed by atoms with Gasteiger partial charge >= 0.3 is 0 Å². The topological polar surface area (TPSA) is 0 Å². The van der Waals surface area contributed by atoms with Gasteiger partial charge in [0.05, 0.1) is 4.88 Å². The monoisotopic (exact) mass is 164 g/mol. The predicted octanol–water partition coefficient (Wildman–Crippen LogP) is 3.15. The minimum Gasteiger partial charge on any atom is -0.135 e. The smallest absolute Gasteiger partial charge is 0.0768 e. The van der Waals surface area contributed by atoms with E-state index >= 15 is 0 Å². The molecule has 0 fully saturated rings. The standard InChI is InChI=1S/C10H12S/c1-10(2,3)7-6-9-5-4-8-11-9/h4-5,8H,1-3H3. The molecule has 0 saturated carbocycles. The van der Waals surface area contributed by atoms with E-state index in [1.54, 1.807) is 11.3 Å². The van der Waals surface area contributed by atoms with Gasteiger partial charge in [-0.25, -0.2) is 0 Å². The second-order valence-electron chi connectivity index (χ2n) is 3.48. The highest BCUT2D eigenvalue weighted by Crippen LogP contribution is 2.12. The Balaban J connectivity index is 2.74. The summed E-state index contributed by atoms with van der Waals surface area (Å²) in [5, 5.41) is 2.05. The molecule has 0 amide bonds. The Labute approximate surface area is 72.3 Å². The molecular weight excluding hydrogens is 152 g/mol. The molecule has 1 aromatic rings. The maximum Gasteiger partial charge on any atom is 0.0768 e. The van der Waals surface area contributed by atoms with E-state index in [0.717, 1.165) is 4.88 Å². The van der Waals surface area contributed by atoms with Crippen molar-refractivity contribution in [3.63, 3.8) is 0 Å². The molecule has 0 spiro atoms. The fraction of sp³-hybridized carbons (Fsp3) is 0.400. The molecular formula is C10H12S. The van der Waals surface area contributed by atoms with E-state index in [9.17, 15) is 0 Å². The molecule has 1 aromatic heterocycles. The Morgan fingerprint density at radius 2 is 2.09 bits per heavy atom. The van der Waals surface area contributed by atoms with Gasteiger partial charge in [0.25, 0.3) is 0 Å². The van der Waals surface area contributed by atoms with Crippen LogP contribution in [0.2, 0.25) is 0 Å². The van der Waals surface area contributed by atoms with Crippen LogP contribution in [0.15, 0.2) is 17.5 Å². The first-order chi connectivity index (χ1) is 5.08. The zero-order valence-electron chi connectivity index (χ0n) is 7.14. The number of hydrogen-bond acceptors (Lipinski definition) is 1. The lowest BCUT2D eigenvalue weighted by molar-refractivity contribution is 0.571. The second kappa shape index (κ2) is 3.11. The summed E-state index contributed by atoms with van der Waals surface area (Å²) in [7, 11) is 0. The third kappa shape index (κ3) is 3.25. The van der Waals surface area contributed by atoms with Crippen LogP contribution in [0.25, 0.3) is 0 Å². The fourth-order valence-electron chi connectivity index (χ4n) is 0.599. The van der Waals surface area contributed by atoms with Crippen molar-refractivity contribution in [2.45, 2.75) is 20.8 Å². The van der Waals surface area contributed by atoms with Crippen molar-refractivity contribution < 1.29 is 0 Å². The van der Waals surface area contributed by atoms with Gasteiger partial charge in [0.1, 0.15) is 0 Å². The minimum absolute atomic E-state index is 0.115. The third-order valence-electron chi connectivity index (χ3n) is 1.08. The molecule has 1 heterocycles. The Morgan fingerprint density at radius 1 is 1.36 bits per heavy atom. The molecule has 0 aliphatic carbocycles. The molecule has 1 heteroatoms. The first-order valence-electron chi connectivity index (χ1n) is 3.65. The van der Waals surface area contributed by atoms with Crippen molar-refractivity contribution in [1.82, 2.24) is 0 Å². The largest absolute Gasteiger partial charge is 0.135 e. The number of thiophene rings is 1. The first kappa shape index (κ1) is 8.36. The van der Waals surface area contributed by atoms with Crippen LogP contribution in [0.1, 0.15) is 25.6 Å². The lowest BCUT2D eigenvalue weighted by atomic mass is 9.98. The van der Waals surface area contributed by atoms with E-state index in [2.05, 4.69) is 32.6 Å². The molecule has 0 atom stereocenters. The van der Waals surface area contributed by atoms with Gasteiger partial charge in [-0.2, -0.15) is 0 Å². The number of rotatable bonds is 0. The molecule has 0 aliphatic heterocycles. The van der Waals surface area contributed by atoms with Crippen molar-refractivity contribution >= 4 is 11.3 Å². The Bertz CT molecular complexity index is 264. The molecule has 0 aromatic carbocycles. The normalized spacial score (nSPS) is 10.5. The van der Waals surface area contributed by atoms with Crippen LogP contribution >= 0.6 is 11.3 Å². The average molecular weight is 164 g/mol. The molecule has 0 saturated heterocycles. The third-order valence-corrected chi connectivity index (χ3v) is 1.87. The first-order valence-corrected chi connectivity index (χ1v) is 4.52. The van der Waals surface area contributed by atoms with E-state index in [-0.39, 0.29) is 5.41 Å². The van der Waals surface area contributed by atoms with Crippen LogP contribution in [0.4, 0.5) is 0 Å². The van der Waals surface area contributed by atoms with Crippen molar-refractivity contribution in [1.29, 1.82) is 0 Å². The van der Waals surface area contributed by atoms with E-state index in [1.165, 1.54) is 0 Å². The molecule has 11 heavy (non-hydrogen) atoms. The van der Waals surface area contributed by atoms with E-state index in [1.807, 2.05) is 17.5 Å². The van der Waals surface area contributed by atoms with Gasteiger partial charge in [0.2, 0.25) is 0 Å². The summed E-state index contributed by atoms with van der Waals surface area (Å²) in [5.74, 6) is 6.32. The molecule has 0 bridgehead atoms. The highest BCUT2D eigenvalue weighted by atomic mass is 32.1. The van der Waals surface area contributed by atoms with Gasteiger partial charge in [0.15, 0.2) is 0 Å². The summed E-state index contributed by atoms with van der Waals surface area (Å²) < 4.78 is 0. The van der Waals surface area contributed by atoms with Crippen molar-refractivity contribution in [3.8, 4) is 11.8 Å². The van der Waals surface area contributed by atoms with Crippen LogP contribution in [0, 0.1) is 17.3 Å². The Morgan fingerprint density at radius 3 is 2.55 bits per heavy atom. The molecule has 0 nitrogen and oxygen atoms in total. The quantitative estimate of drug-likeness (QED) is 0.517. The van der Waals surface area contributed by atoms with Crippen LogP contribution < -0.4 is 0 Å². The SMILES string of the molecule is CC(C)(C)C#Cc1cccs1. The lowest BCUT2D eigenvalue weighted by Crippen LogP contribution is -1.98. The van der Waals surface area contributed by atoms with Gasteiger partial charge in [0, 0.05) is 5.41 Å². The summed E-state index contributed by atoms with van der Waals surface area (Å²) in [5.41, 5.74) is 0.115. The minimum atomic E-state index is 0.115. The van der Waals surface area contributed by atoms with Crippen molar-refractivity contribution in [2.75, 3.05) is 0 Å². The number of hydrogen-bond donors (Lipinski definition) is 0. The van der Waals surface area contributed by atoms with Gasteiger partial charge in [-0.15, -0.1) is 11.3 Å². The van der Waals surface area contributed by atoms with Crippen LogP contribution in [0.5, 0.6) is 0 Å². The summed E-state index contributed by atoms with van der Waals surface area (Å²) in [4.78, 5) is 1.15. The molecule has 58 valence electrons. The van der Waals surface area contributed by atoms with Crippen LogP contribution in [-0.4, -0.2) is 0 Å². The predicted molar refractivity (Wildman–Crippen MR) is 50.7 cm³/mol. The van der Waals surface area contributed by atoms with Crippen molar-refractivity contribution in [3.05, 3.63) is 22.4 Å². The lowest BCUT2D eigenvalue weighted by Gasteiger charge is -2.06. The Kier molecular flexibility index (Phi) is 2.36. The van der Waals surface area contributed by atoms with Gasteiger partial charge < -0.3 is 0 Å². The summed E-state index contributed by atoms with van der Waals surface area (Å²) in [6.07, 6.45) is 0. The molecule has 1 rings (SSSR count). The molecule has 0 aliphatic rings. The maximum atomic E-state index is 3.18. The van der Waals surface area contributed by atoms with Gasteiger partial charge in [-0.3, -0.25) is 0 Å². The highest BCUT2D eigenvalue weighted by molar-refractivity contribution is 7.10. The van der Waals surface area contributed by atoms with E-state index < -0.39 is 0 Å². The molecule has 0 N–H and O–H groups in total. The zero-order chi connectivity index (χ0) is 8.32. The Hall–Kier alpha value is -0.740. The maximum absolute atomic E-state index is 3.18. The zero-order valence-corrected chi connectivity index (χ0v) is 7.96.